The van der Waals surface area contributed by atoms with Gasteiger partial charge in [-0.25, -0.2) is 0 Å². The summed E-state index contributed by atoms with van der Waals surface area (Å²) in [7, 11) is 0. The molecule has 6 nitrogen and oxygen atoms in total. The Morgan fingerprint density at radius 2 is 1.96 bits per heavy atom. The lowest BCUT2D eigenvalue weighted by molar-refractivity contribution is -0.148. The van der Waals surface area contributed by atoms with Crippen molar-refractivity contribution in [1.29, 1.82) is 10.5 Å². The Bertz CT molecular complexity index is 671. The highest BCUT2D eigenvalue weighted by molar-refractivity contribution is 5.73. The molecule has 0 aromatic carbocycles. The summed E-state index contributed by atoms with van der Waals surface area (Å²) >= 11 is 0. The first-order chi connectivity index (χ1) is 11.9. The van der Waals surface area contributed by atoms with Gasteiger partial charge in [0.05, 0.1) is 24.7 Å². The Morgan fingerprint density at radius 3 is 2.48 bits per heavy atom. The largest absolute Gasteiger partial charge is 0.466 e. The molecule has 0 saturated heterocycles. The van der Waals surface area contributed by atoms with Crippen LogP contribution in [0.25, 0.3) is 0 Å². The molecule has 0 saturated carbocycles. The molecule has 0 aromatic rings. The zero-order valence-corrected chi connectivity index (χ0v) is 14.8. The van der Waals surface area contributed by atoms with E-state index in [9.17, 15) is 20.1 Å². The Morgan fingerprint density at radius 1 is 1.28 bits per heavy atom. The van der Waals surface area contributed by atoms with E-state index in [-0.39, 0.29) is 30.8 Å². The second kappa shape index (κ2) is 9.50. The van der Waals surface area contributed by atoms with Crippen molar-refractivity contribution in [2.24, 2.45) is 17.3 Å². The van der Waals surface area contributed by atoms with Crippen molar-refractivity contribution in [3.8, 4) is 24.0 Å². The van der Waals surface area contributed by atoms with Gasteiger partial charge in [-0.2, -0.15) is 10.5 Å². The van der Waals surface area contributed by atoms with Gasteiger partial charge in [-0.3, -0.25) is 9.59 Å². The van der Waals surface area contributed by atoms with Gasteiger partial charge in [-0.15, -0.1) is 0 Å². The first-order valence-corrected chi connectivity index (χ1v) is 8.19. The van der Waals surface area contributed by atoms with Gasteiger partial charge in [-0.1, -0.05) is 24.8 Å². The highest BCUT2D eigenvalue weighted by Gasteiger charge is 2.40. The molecule has 0 amide bonds. The number of rotatable bonds is 5. The summed E-state index contributed by atoms with van der Waals surface area (Å²) in [6.07, 6.45) is 2.82. The maximum Gasteiger partial charge on any atom is 0.309 e. The first-order valence-electron chi connectivity index (χ1n) is 8.19. The summed E-state index contributed by atoms with van der Waals surface area (Å²) in [6.45, 7) is 5.20. The van der Waals surface area contributed by atoms with Crippen molar-refractivity contribution in [1.82, 2.24) is 0 Å². The Hall–Kier alpha value is -2.78. The van der Waals surface area contributed by atoms with E-state index < -0.39 is 11.4 Å². The van der Waals surface area contributed by atoms with E-state index in [4.69, 9.17) is 9.47 Å². The van der Waals surface area contributed by atoms with Crippen LogP contribution in [0.5, 0.6) is 0 Å². The van der Waals surface area contributed by atoms with E-state index in [1.54, 1.807) is 13.0 Å². The fourth-order valence-electron chi connectivity index (χ4n) is 2.89. The molecule has 0 fully saturated rings. The van der Waals surface area contributed by atoms with Crippen LogP contribution in [-0.2, 0) is 19.1 Å². The molecule has 132 valence electrons. The lowest BCUT2D eigenvalue weighted by Gasteiger charge is -2.31. The minimum atomic E-state index is -1.36. The number of ether oxygens (including phenoxy) is 2. The average molecular weight is 342 g/mol. The lowest BCUT2D eigenvalue weighted by Crippen LogP contribution is -2.30. The number of hydrogen-bond acceptors (Lipinski definition) is 6. The van der Waals surface area contributed by atoms with Crippen molar-refractivity contribution in [2.75, 3.05) is 13.2 Å². The molecule has 2 atom stereocenters. The van der Waals surface area contributed by atoms with E-state index >= 15 is 0 Å². The second-order valence-electron chi connectivity index (χ2n) is 5.92. The van der Waals surface area contributed by atoms with Gasteiger partial charge >= 0.3 is 11.9 Å². The van der Waals surface area contributed by atoms with Crippen LogP contribution in [0.4, 0.5) is 0 Å². The molecule has 0 N–H and O–H groups in total. The molecule has 25 heavy (non-hydrogen) atoms. The number of carbonyl (C=O) groups is 2. The maximum atomic E-state index is 11.9. The molecule has 0 spiro atoms. The number of nitriles is 2. The minimum Gasteiger partial charge on any atom is -0.466 e. The Balaban J connectivity index is 2.91. The summed E-state index contributed by atoms with van der Waals surface area (Å²) in [5, 5.41) is 19.2. The summed E-state index contributed by atoms with van der Waals surface area (Å²) < 4.78 is 9.76. The van der Waals surface area contributed by atoms with E-state index in [1.807, 2.05) is 6.92 Å². The predicted molar refractivity (Wildman–Crippen MR) is 89.3 cm³/mol. The monoisotopic (exact) mass is 342 g/mol. The standard InChI is InChI=1S/C19H22N2O4/c1-4-24-18(23)16-7-8-17(14(2)11-16)19(12-20,13-21)9-5-6-10-25-15(3)22/h8,14,16H,4,7,9-11H2,1-3H3/t14-,16+/m1/s1. The van der Waals surface area contributed by atoms with Gasteiger partial charge < -0.3 is 9.47 Å². The van der Waals surface area contributed by atoms with Crippen LogP contribution < -0.4 is 0 Å². The van der Waals surface area contributed by atoms with Crippen LogP contribution in [0.15, 0.2) is 11.6 Å². The van der Waals surface area contributed by atoms with Crippen molar-refractivity contribution < 1.29 is 19.1 Å². The van der Waals surface area contributed by atoms with Crippen LogP contribution in [0, 0.1) is 51.8 Å². The molecule has 0 bridgehead atoms. The summed E-state index contributed by atoms with van der Waals surface area (Å²) in [6, 6.07) is 4.16. The van der Waals surface area contributed by atoms with Gasteiger partial charge in [-0.05, 0) is 31.3 Å². The molecule has 0 aliphatic heterocycles. The third-order valence-corrected chi connectivity index (χ3v) is 4.11. The number of allylic oxidation sites excluding steroid dienone is 2. The highest BCUT2D eigenvalue weighted by atomic mass is 16.5. The zero-order chi connectivity index (χ0) is 18.9. The third-order valence-electron chi connectivity index (χ3n) is 4.11. The van der Waals surface area contributed by atoms with Gasteiger partial charge in [0.1, 0.15) is 0 Å². The predicted octanol–water partition coefficient (Wildman–Crippen LogP) is 2.51. The van der Waals surface area contributed by atoms with Crippen LogP contribution in [0.2, 0.25) is 0 Å². The van der Waals surface area contributed by atoms with Crippen LogP contribution in [0.3, 0.4) is 0 Å². The normalized spacial score (nSPS) is 19.3. The number of hydrogen-bond donors (Lipinski definition) is 0. The molecule has 6 heteroatoms. The Labute approximate surface area is 148 Å². The summed E-state index contributed by atoms with van der Waals surface area (Å²) in [5.41, 5.74) is -0.665. The molecule has 0 aromatic heterocycles. The quantitative estimate of drug-likeness (QED) is 0.432. The topological polar surface area (TPSA) is 100 Å². The van der Waals surface area contributed by atoms with Gasteiger partial charge in [0.2, 0.25) is 0 Å². The van der Waals surface area contributed by atoms with Gasteiger partial charge in [0.15, 0.2) is 12.0 Å². The summed E-state index contributed by atoms with van der Waals surface area (Å²) in [4.78, 5) is 22.6. The maximum absolute atomic E-state index is 11.9. The second-order valence-corrected chi connectivity index (χ2v) is 5.92. The number of nitrogens with zero attached hydrogens (tertiary/aromatic N) is 2. The van der Waals surface area contributed by atoms with Crippen molar-refractivity contribution in [3.05, 3.63) is 11.6 Å². The number of esters is 2. The SMILES string of the molecule is CCOC(=O)[C@H]1CC=C(C(C#N)(C#N)CC#CCOC(C)=O)[C@H](C)C1. The zero-order valence-electron chi connectivity index (χ0n) is 14.8. The smallest absolute Gasteiger partial charge is 0.309 e. The van der Waals surface area contributed by atoms with Crippen LogP contribution in [0.1, 0.15) is 40.0 Å². The fourth-order valence-corrected chi connectivity index (χ4v) is 2.89. The summed E-state index contributed by atoms with van der Waals surface area (Å²) in [5.74, 6) is 4.37. The first kappa shape index (κ1) is 20.3. The molecule has 0 heterocycles. The molecular weight excluding hydrogens is 320 g/mol. The minimum absolute atomic E-state index is 0.0293. The molecule has 1 aliphatic rings. The van der Waals surface area contributed by atoms with E-state index in [2.05, 4.69) is 24.0 Å². The Kier molecular flexibility index (Phi) is 7.70. The molecule has 1 aliphatic carbocycles. The van der Waals surface area contributed by atoms with E-state index in [0.717, 1.165) is 0 Å². The van der Waals surface area contributed by atoms with Gasteiger partial charge in [0.25, 0.3) is 0 Å². The van der Waals surface area contributed by atoms with Crippen molar-refractivity contribution in [3.63, 3.8) is 0 Å². The van der Waals surface area contributed by atoms with Crippen molar-refractivity contribution in [2.45, 2.75) is 40.0 Å². The van der Waals surface area contributed by atoms with Crippen LogP contribution in [-0.4, -0.2) is 25.2 Å². The van der Waals surface area contributed by atoms with E-state index in [0.29, 0.717) is 25.0 Å². The van der Waals surface area contributed by atoms with Gasteiger partial charge in [0, 0.05) is 13.3 Å². The molecule has 0 radical (unpaired) electrons. The average Bonchev–Trinajstić information content (AvgIpc) is 2.59. The lowest BCUT2D eigenvalue weighted by atomic mass is 9.69. The van der Waals surface area contributed by atoms with Crippen molar-refractivity contribution >= 4 is 11.9 Å². The van der Waals surface area contributed by atoms with E-state index in [1.165, 1.54) is 6.92 Å². The third kappa shape index (κ3) is 5.37. The van der Waals surface area contributed by atoms with Crippen LogP contribution >= 0.6 is 0 Å². The molecule has 1 rings (SSSR count). The fraction of sp³-hybridized carbons (Fsp3) is 0.579. The molecular formula is C19H22N2O4. The highest BCUT2D eigenvalue weighted by Crippen LogP contribution is 2.41. The number of carbonyl (C=O) groups excluding carboxylic acids is 2. The molecule has 0 unspecified atom stereocenters.